The van der Waals surface area contributed by atoms with Gasteiger partial charge in [-0.1, -0.05) is 214 Å². The quantitative estimate of drug-likeness (QED) is 0.0457. The molecule has 0 aromatic heterocycles. The van der Waals surface area contributed by atoms with Crippen molar-refractivity contribution in [3.63, 3.8) is 0 Å². The Hall–Kier alpha value is 0.430. The van der Waals surface area contributed by atoms with E-state index in [2.05, 4.69) is 27.7 Å². The summed E-state index contributed by atoms with van der Waals surface area (Å²) in [7, 11) is -0.757. The van der Waals surface area contributed by atoms with Crippen LogP contribution in [0.3, 0.4) is 0 Å². The van der Waals surface area contributed by atoms with Gasteiger partial charge < -0.3 is 0 Å². The molecule has 0 fully saturated rings. The maximum Gasteiger partial charge on any atom is 0.0594 e. The van der Waals surface area contributed by atoms with Gasteiger partial charge in [0.25, 0.3) is 0 Å². The molecule has 0 atom stereocenters. The van der Waals surface area contributed by atoms with Crippen LogP contribution in [0, 0.1) is 0 Å². The van der Waals surface area contributed by atoms with Gasteiger partial charge in [-0.25, -0.2) is 0 Å². The molecular formula is C44H92P+. The van der Waals surface area contributed by atoms with Crippen LogP contribution in [0.5, 0.6) is 0 Å². The molecule has 0 aliphatic rings. The highest BCUT2D eigenvalue weighted by molar-refractivity contribution is 7.75. The minimum Gasteiger partial charge on any atom is -0.0654 e. The molecule has 0 saturated heterocycles. The van der Waals surface area contributed by atoms with E-state index in [4.69, 9.17) is 0 Å². The summed E-state index contributed by atoms with van der Waals surface area (Å²) in [5.41, 5.74) is 0. The van der Waals surface area contributed by atoms with Gasteiger partial charge in [0.1, 0.15) is 0 Å². The molecule has 0 bridgehead atoms. The molecule has 0 unspecified atom stereocenters. The standard InChI is InChI=1S/C44H92P/c1-5-9-13-16-19-22-25-28-31-34-38-42-45(41-37-12-8-4,43-39-35-32-29-26-23-20-17-14-10-6-2)44-40-36-33-30-27-24-21-18-15-11-7-3/h5-44H2,1-4H3/q+1. The SMILES string of the molecule is CCCCCCCCCCCCC[P+](CCCCC)(CCCCCCCCCCCCC)CCCCCCCCCCCCC. The van der Waals surface area contributed by atoms with Crippen LogP contribution in [0.4, 0.5) is 0 Å². The minimum atomic E-state index is -0.757. The zero-order valence-corrected chi connectivity index (χ0v) is 33.6. The first-order valence-corrected chi connectivity index (χ1v) is 24.6. The van der Waals surface area contributed by atoms with Crippen LogP contribution in [0.2, 0.25) is 0 Å². The van der Waals surface area contributed by atoms with Gasteiger partial charge >= 0.3 is 0 Å². The zero-order chi connectivity index (χ0) is 32.8. The fourth-order valence-corrected chi connectivity index (χ4v) is 12.6. The molecule has 0 saturated carbocycles. The molecule has 0 rings (SSSR count). The van der Waals surface area contributed by atoms with Crippen LogP contribution in [-0.2, 0) is 0 Å². The van der Waals surface area contributed by atoms with Gasteiger partial charge in [0.05, 0.1) is 24.6 Å². The molecule has 0 aromatic rings. The lowest BCUT2D eigenvalue weighted by Gasteiger charge is -2.28. The van der Waals surface area contributed by atoms with Crippen LogP contribution < -0.4 is 0 Å². The Morgan fingerprint density at radius 1 is 0.178 bits per heavy atom. The summed E-state index contributed by atoms with van der Waals surface area (Å²) in [5.74, 6) is 0. The largest absolute Gasteiger partial charge is 0.0654 e. The average molecular weight is 652 g/mol. The molecule has 0 amide bonds. The van der Waals surface area contributed by atoms with Crippen molar-refractivity contribution in [3.8, 4) is 0 Å². The Morgan fingerprint density at radius 2 is 0.311 bits per heavy atom. The molecule has 0 nitrogen and oxygen atoms in total. The van der Waals surface area contributed by atoms with Gasteiger partial charge in [0, 0.05) is 7.26 Å². The van der Waals surface area contributed by atoms with Crippen molar-refractivity contribution in [2.45, 2.75) is 259 Å². The summed E-state index contributed by atoms with van der Waals surface area (Å²) in [6.07, 6.45) is 60.2. The predicted octanol–water partition coefficient (Wildman–Crippen LogP) is 17.1. The molecule has 0 heterocycles. The number of unbranched alkanes of at least 4 members (excludes halogenated alkanes) is 32. The summed E-state index contributed by atoms with van der Waals surface area (Å²) < 4.78 is 0. The van der Waals surface area contributed by atoms with E-state index >= 15 is 0 Å². The Morgan fingerprint density at radius 3 is 0.511 bits per heavy atom. The van der Waals surface area contributed by atoms with Crippen LogP contribution in [0.25, 0.3) is 0 Å². The first-order chi connectivity index (χ1) is 22.2. The van der Waals surface area contributed by atoms with E-state index in [1.807, 2.05) is 0 Å². The highest BCUT2D eigenvalue weighted by Gasteiger charge is 2.34. The summed E-state index contributed by atoms with van der Waals surface area (Å²) in [6, 6.07) is 0. The van der Waals surface area contributed by atoms with Crippen LogP contribution in [-0.4, -0.2) is 24.6 Å². The van der Waals surface area contributed by atoms with Gasteiger partial charge in [-0.05, 0) is 44.9 Å². The number of hydrogen-bond acceptors (Lipinski definition) is 0. The van der Waals surface area contributed by atoms with Crippen LogP contribution >= 0.6 is 7.26 Å². The molecule has 0 aliphatic heterocycles. The van der Waals surface area contributed by atoms with Crippen molar-refractivity contribution in [1.82, 2.24) is 0 Å². The zero-order valence-electron chi connectivity index (χ0n) is 32.7. The third-order valence-corrected chi connectivity index (χ3v) is 16.0. The van der Waals surface area contributed by atoms with Crippen molar-refractivity contribution >= 4 is 7.26 Å². The van der Waals surface area contributed by atoms with Gasteiger partial charge in [0.15, 0.2) is 0 Å². The summed E-state index contributed by atoms with van der Waals surface area (Å²) in [5, 5.41) is 0. The Labute approximate surface area is 290 Å². The molecule has 0 aromatic carbocycles. The van der Waals surface area contributed by atoms with Crippen molar-refractivity contribution in [2.75, 3.05) is 24.6 Å². The van der Waals surface area contributed by atoms with Gasteiger partial charge in [-0.3, -0.25) is 0 Å². The molecule has 0 spiro atoms. The van der Waals surface area contributed by atoms with Crippen molar-refractivity contribution in [1.29, 1.82) is 0 Å². The highest BCUT2D eigenvalue weighted by atomic mass is 31.2. The topological polar surface area (TPSA) is 0 Å². The second-order valence-electron chi connectivity index (χ2n) is 15.5. The van der Waals surface area contributed by atoms with E-state index in [1.165, 1.54) is 205 Å². The fraction of sp³-hybridized carbons (Fsp3) is 1.00. The smallest absolute Gasteiger partial charge is 0.0594 e. The number of rotatable bonds is 40. The van der Waals surface area contributed by atoms with Crippen molar-refractivity contribution in [2.24, 2.45) is 0 Å². The predicted molar refractivity (Wildman–Crippen MR) is 215 cm³/mol. The third-order valence-electron chi connectivity index (χ3n) is 10.9. The molecule has 45 heavy (non-hydrogen) atoms. The lowest BCUT2D eigenvalue weighted by atomic mass is 10.1. The van der Waals surface area contributed by atoms with E-state index in [-0.39, 0.29) is 0 Å². The lowest BCUT2D eigenvalue weighted by Crippen LogP contribution is -2.13. The summed E-state index contributed by atoms with van der Waals surface area (Å²) in [4.78, 5) is 0. The van der Waals surface area contributed by atoms with Crippen molar-refractivity contribution < 1.29 is 0 Å². The van der Waals surface area contributed by atoms with Gasteiger partial charge in [0.2, 0.25) is 0 Å². The third kappa shape index (κ3) is 34.1. The monoisotopic (exact) mass is 652 g/mol. The molecule has 272 valence electrons. The second-order valence-corrected chi connectivity index (χ2v) is 20.0. The normalized spacial score (nSPS) is 12.0. The molecule has 0 radical (unpaired) electrons. The van der Waals surface area contributed by atoms with E-state index < -0.39 is 7.26 Å². The van der Waals surface area contributed by atoms with E-state index in [9.17, 15) is 0 Å². The average Bonchev–Trinajstić information content (AvgIpc) is 3.05. The van der Waals surface area contributed by atoms with Gasteiger partial charge in [-0.15, -0.1) is 0 Å². The summed E-state index contributed by atoms with van der Waals surface area (Å²) in [6.45, 7) is 9.40. The van der Waals surface area contributed by atoms with E-state index in [0.29, 0.717) is 0 Å². The van der Waals surface area contributed by atoms with E-state index in [1.54, 1.807) is 50.3 Å². The highest BCUT2D eigenvalue weighted by Crippen LogP contribution is 2.61. The maximum atomic E-state index is 2.41. The first kappa shape index (κ1) is 45.4. The van der Waals surface area contributed by atoms with Crippen LogP contribution in [0.15, 0.2) is 0 Å². The lowest BCUT2D eigenvalue weighted by molar-refractivity contribution is 0.551. The molecule has 0 N–H and O–H groups in total. The fourth-order valence-electron chi connectivity index (χ4n) is 7.70. The Balaban J connectivity index is 4.56. The van der Waals surface area contributed by atoms with Crippen molar-refractivity contribution in [3.05, 3.63) is 0 Å². The molecule has 0 aliphatic carbocycles. The van der Waals surface area contributed by atoms with Gasteiger partial charge in [-0.2, -0.15) is 0 Å². The minimum absolute atomic E-state index is 0.757. The first-order valence-electron chi connectivity index (χ1n) is 22.1. The second kappa shape index (κ2) is 38.9. The maximum absolute atomic E-state index is 2.41. The van der Waals surface area contributed by atoms with Crippen LogP contribution in [0.1, 0.15) is 259 Å². The Bertz CT molecular complexity index is 449. The summed E-state index contributed by atoms with van der Waals surface area (Å²) >= 11 is 0. The molecule has 1 heteroatoms. The Kier molecular flexibility index (Phi) is 39.2. The number of hydrogen-bond donors (Lipinski definition) is 0. The van der Waals surface area contributed by atoms with E-state index in [0.717, 1.165) is 0 Å². The molecular weight excluding hydrogens is 559 g/mol.